The third kappa shape index (κ3) is 2.10. The van der Waals surface area contributed by atoms with Gasteiger partial charge in [0.25, 0.3) is 0 Å². The van der Waals surface area contributed by atoms with E-state index in [2.05, 4.69) is 0 Å². The van der Waals surface area contributed by atoms with Crippen LogP contribution in [0.4, 0.5) is 8.78 Å². The minimum Gasteiger partial charge on any atom is -0.493 e. The Morgan fingerprint density at radius 3 is 2.71 bits per heavy atom. The summed E-state index contributed by atoms with van der Waals surface area (Å²) in [7, 11) is 0. The van der Waals surface area contributed by atoms with Crippen LogP contribution in [0.2, 0.25) is 0 Å². The molecule has 0 spiro atoms. The Hall–Kier alpha value is -1.38. The fourth-order valence-electron chi connectivity index (χ4n) is 1.17. The van der Waals surface area contributed by atoms with E-state index in [1.54, 1.807) is 19.9 Å². The zero-order valence-electron chi connectivity index (χ0n) is 8.18. The maximum absolute atomic E-state index is 13.3. The molecule has 0 N–H and O–H groups in total. The molecule has 0 radical (unpaired) electrons. The second kappa shape index (κ2) is 4.74. The molecule has 0 saturated carbocycles. The summed E-state index contributed by atoms with van der Waals surface area (Å²) < 4.78 is 31.3. The van der Waals surface area contributed by atoms with Crippen LogP contribution in [-0.2, 0) is 4.74 Å². The lowest BCUT2D eigenvalue weighted by atomic mass is 10.1. The van der Waals surface area contributed by atoms with Gasteiger partial charge in [-0.25, -0.2) is 8.78 Å². The van der Waals surface area contributed by atoms with Crippen LogP contribution in [0.1, 0.15) is 19.4 Å². The number of halogens is 2. The van der Waals surface area contributed by atoms with Crippen molar-refractivity contribution in [3.63, 3.8) is 0 Å². The van der Waals surface area contributed by atoms with Crippen LogP contribution in [0.25, 0.3) is 5.76 Å². The van der Waals surface area contributed by atoms with Crippen LogP contribution in [0.3, 0.4) is 0 Å². The zero-order chi connectivity index (χ0) is 10.6. The van der Waals surface area contributed by atoms with Crippen molar-refractivity contribution in [3.05, 3.63) is 41.5 Å². The number of hydrogen-bond acceptors (Lipinski definition) is 1. The molecule has 0 aliphatic rings. The molecule has 0 aliphatic carbocycles. The van der Waals surface area contributed by atoms with Crippen LogP contribution < -0.4 is 0 Å². The summed E-state index contributed by atoms with van der Waals surface area (Å²) in [4.78, 5) is 0. The van der Waals surface area contributed by atoms with E-state index in [9.17, 15) is 8.78 Å². The van der Waals surface area contributed by atoms with E-state index in [4.69, 9.17) is 4.74 Å². The topological polar surface area (TPSA) is 9.23 Å². The van der Waals surface area contributed by atoms with E-state index in [-0.39, 0.29) is 5.56 Å². The van der Waals surface area contributed by atoms with Crippen LogP contribution >= 0.6 is 0 Å². The molecule has 0 aliphatic heterocycles. The summed E-state index contributed by atoms with van der Waals surface area (Å²) in [6.07, 6.45) is 1.61. The van der Waals surface area contributed by atoms with Gasteiger partial charge in [0.1, 0.15) is 5.76 Å². The van der Waals surface area contributed by atoms with E-state index in [1.165, 1.54) is 12.1 Å². The van der Waals surface area contributed by atoms with Gasteiger partial charge in [-0.3, -0.25) is 0 Å². The molecule has 0 unspecified atom stereocenters. The smallest absolute Gasteiger partial charge is 0.169 e. The van der Waals surface area contributed by atoms with Crippen LogP contribution in [0.15, 0.2) is 24.3 Å². The highest BCUT2D eigenvalue weighted by atomic mass is 19.2. The number of benzene rings is 1. The molecular weight excluding hydrogens is 186 g/mol. The van der Waals surface area contributed by atoms with Crippen molar-refractivity contribution in [1.29, 1.82) is 0 Å². The summed E-state index contributed by atoms with van der Waals surface area (Å²) in [5, 5.41) is 0. The summed E-state index contributed by atoms with van der Waals surface area (Å²) >= 11 is 0. The highest BCUT2D eigenvalue weighted by Gasteiger charge is 2.11. The maximum atomic E-state index is 13.3. The number of allylic oxidation sites excluding steroid dienone is 1. The van der Waals surface area contributed by atoms with Gasteiger partial charge in [-0.2, -0.15) is 0 Å². The average molecular weight is 198 g/mol. The molecule has 0 bridgehead atoms. The van der Waals surface area contributed by atoms with Gasteiger partial charge in [0.2, 0.25) is 0 Å². The molecular formula is C11H12F2O. The summed E-state index contributed by atoms with van der Waals surface area (Å²) in [6, 6.07) is 4.03. The lowest BCUT2D eigenvalue weighted by Crippen LogP contribution is -1.97. The predicted octanol–water partition coefficient (Wildman–Crippen LogP) is 3.36. The van der Waals surface area contributed by atoms with Gasteiger partial charge in [0.05, 0.1) is 12.2 Å². The van der Waals surface area contributed by atoms with E-state index in [0.29, 0.717) is 12.4 Å². The normalized spacial score (nSPS) is 11.6. The maximum Gasteiger partial charge on any atom is 0.169 e. The van der Waals surface area contributed by atoms with Crippen molar-refractivity contribution in [1.82, 2.24) is 0 Å². The number of hydrogen-bond donors (Lipinski definition) is 0. The van der Waals surface area contributed by atoms with Gasteiger partial charge in [-0.15, -0.1) is 0 Å². The zero-order valence-corrected chi connectivity index (χ0v) is 8.18. The predicted molar refractivity (Wildman–Crippen MR) is 51.6 cm³/mol. The minimum atomic E-state index is -0.867. The van der Waals surface area contributed by atoms with E-state index in [0.717, 1.165) is 6.07 Å². The van der Waals surface area contributed by atoms with E-state index < -0.39 is 11.6 Å². The lowest BCUT2D eigenvalue weighted by molar-refractivity contribution is 0.295. The number of rotatable bonds is 3. The first-order valence-electron chi connectivity index (χ1n) is 4.44. The second-order valence-electron chi connectivity index (χ2n) is 2.69. The molecule has 1 nitrogen and oxygen atoms in total. The van der Waals surface area contributed by atoms with Crippen LogP contribution in [0.5, 0.6) is 0 Å². The highest BCUT2D eigenvalue weighted by Crippen LogP contribution is 2.21. The van der Waals surface area contributed by atoms with E-state index in [1.807, 2.05) is 0 Å². The van der Waals surface area contributed by atoms with Crippen LogP contribution in [0, 0.1) is 11.6 Å². The molecule has 0 saturated heterocycles. The van der Waals surface area contributed by atoms with Gasteiger partial charge >= 0.3 is 0 Å². The fraction of sp³-hybridized carbons (Fsp3) is 0.273. The lowest BCUT2D eigenvalue weighted by Gasteiger charge is -2.09. The second-order valence-corrected chi connectivity index (χ2v) is 2.69. The first kappa shape index (κ1) is 10.7. The van der Waals surface area contributed by atoms with Gasteiger partial charge in [-0.1, -0.05) is 6.07 Å². The van der Waals surface area contributed by atoms with Gasteiger partial charge < -0.3 is 4.74 Å². The Morgan fingerprint density at radius 1 is 1.43 bits per heavy atom. The SMILES string of the molecule is CC=C(OCC)c1cccc(F)c1F. The summed E-state index contributed by atoms with van der Waals surface area (Å²) in [5.74, 6) is -1.36. The monoisotopic (exact) mass is 198 g/mol. The third-order valence-electron chi connectivity index (χ3n) is 1.78. The van der Waals surface area contributed by atoms with Gasteiger partial charge in [-0.05, 0) is 32.1 Å². The molecule has 0 aromatic heterocycles. The quantitative estimate of drug-likeness (QED) is 0.676. The molecule has 0 amide bonds. The van der Waals surface area contributed by atoms with Crippen molar-refractivity contribution in [3.8, 4) is 0 Å². The fourth-order valence-corrected chi connectivity index (χ4v) is 1.17. The Labute approximate surface area is 82.0 Å². The molecule has 76 valence electrons. The van der Waals surface area contributed by atoms with Crippen molar-refractivity contribution in [2.45, 2.75) is 13.8 Å². The average Bonchev–Trinajstić information content (AvgIpc) is 2.19. The molecule has 0 atom stereocenters. The molecule has 0 fully saturated rings. The van der Waals surface area contributed by atoms with Crippen molar-refractivity contribution in [2.24, 2.45) is 0 Å². The van der Waals surface area contributed by atoms with Crippen molar-refractivity contribution < 1.29 is 13.5 Å². The largest absolute Gasteiger partial charge is 0.493 e. The molecule has 1 rings (SSSR count). The summed E-state index contributed by atoms with van der Waals surface area (Å²) in [6.45, 7) is 3.94. The van der Waals surface area contributed by atoms with Gasteiger partial charge in [0.15, 0.2) is 11.6 Å². The Morgan fingerprint density at radius 2 is 2.14 bits per heavy atom. The molecule has 0 heterocycles. The standard InChI is InChI=1S/C11H12F2O/c1-3-10(14-4-2)8-6-5-7-9(12)11(8)13/h3,5-7H,4H2,1-2H3. The van der Waals surface area contributed by atoms with Crippen LogP contribution in [-0.4, -0.2) is 6.61 Å². The number of ether oxygens (including phenoxy) is 1. The summed E-state index contributed by atoms with van der Waals surface area (Å²) in [5.41, 5.74) is 0.161. The first-order chi connectivity index (χ1) is 6.70. The molecule has 1 aromatic carbocycles. The van der Waals surface area contributed by atoms with E-state index >= 15 is 0 Å². The first-order valence-corrected chi connectivity index (χ1v) is 4.44. The Bertz CT molecular complexity index is 345. The Balaban J connectivity index is 3.11. The Kier molecular flexibility index (Phi) is 3.63. The highest BCUT2D eigenvalue weighted by molar-refractivity contribution is 5.60. The minimum absolute atomic E-state index is 0.161. The molecule has 3 heteroatoms. The van der Waals surface area contributed by atoms with Crippen molar-refractivity contribution in [2.75, 3.05) is 6.61 Å². The third-order valence-corrected chi connectivity index (χ3v) is 1.78. The molecule has 14 heavy (non-hydrogen) atoms. The molecule has 1 aromatic rings. The van der Waals surface area contributed by atoms with Crippen molar-refractivity contribution >= 4 is 5.76 Å². The van der Waals surface area contributed by atoms with Gasteiger partial charge in [0, 0.05) is 0 Å².